The second-order valence-corrected chi connectivity index (χ2v) is 5.26. The number of carbonyl (C=O) groups is 1. The summed E-state index contributed by atoms with van der Waals surface area (Å²) in [6.07, 6.45) is -0.386. The van der Waals surface area contributed by atoms with Crippen LogP contribution in [0.4, 0.5) is 4.79 Å². The van der Waals surface area contributed by atoms with E-state index in [1.54, 1.807) is 4.90 Å². The fourth-order valence-electron chi connectivity index (χ4n) is 2.49. The molecule has 21 heavy (non-hydrogen) atoms. The minimum Gasteiger partial charge on any atom is -0.389 e. The molecule has 1 aliphatic heterocycles. The van der Waals surface area contributed by atoms with Gasteiger partial charge in [-0.25, -0.2) is 4.79 Å². The van der Waals surface area contributed by atoms with E-state index in [9.17, 15) is 9.90 Å². The largest absolute Gasteiger partial charge is 0.389 e. The molecule has 1 heterocycles. The van der Waals surface area contributed by atoms with Gasteiger partial charge in [0.1, 0.15) is 0 Å². The van der Waals surface area contributed by atoms with Crippen molar-refractivity contribution in [1.82, 2.24) is 10.2 Å². The molecule has 1 saturated heterocycles. The molecule has 4 nitrogen and oxygen atoms in total. The number of carbonyl (C=O) groups excluding carboxylic acids is 1. The van der Waals surface area contributed by atoms with Crippen molar-refractivity contribution in [2.45, 2.75) is 12.1 Å². The maximum atomic E-state index is 12.2. The van der Waals surface area contributed by atoms with Gasteiger partial charge >= 0.3 is 6.03 Å². The highest BCUT2D eigenvalue weighted by molar-refractivity contribution is 5.76. The topological polar surface area (TPSA) is 52.6 Å². The smallest absolute Gasteiger partial charge is 0.318 e. The van der Waals surface area contributed by atoms with Crippen LogP contribution in [0.5, 0.6) is 0 Å². The second kappa shape index (κ2) is 5.97. The fourth-order valence-corrected chi connectivity index (χ4v) is 2.49. The number of likely N-dealkylation sites (tertiary alicyclic amines) is 1. The molecule has 2 aromatic rings. The molecule has 0 spiro atoms. The SMILES string of the molecule is O=C(NC(c1ccccc1)c1ccccc1)N1CC(O)C1. The van der Waals surface area contributed by atoms with Gasteiger partial charge in [0.25, 0.3) is 0 Å². The van der Waals surface area contributed by atoms with Crippen LogP contribution in [0, 0.1) is 0 Å². The van der Waals surface area contributed by atoms with E-state index in [-0.39, 0.29) is 18.2 Å². The Morgan fingerprint density at radius 1 is 1.00 bits per heavy atom. The van der Waals surface area contributed by atoms with Crippen LogP contribution in [0.15, 0.2) is 60.7 Å². The molecule has 2 aromatic carbocycles. The highest BCUT2D eigenvalue weighted by atomic mass is 16.3. The quantitative estimate of drug-likeness (QED) is 0.906. The minimum atomic E-state index is -0.386. The summed E-state index contributed by atoms with van der Waals surface area (Å²) in [6.45, 7) is 0.810. The predicted octanol–water partition coefficient (Wildman–Crippen LogP) is 2.16. The number of benzene rings is 2. The first kappa shape index (κ1) is 13.6. The number of hydrogen-bond donors (Lipinski definition) is 2. The number of aliphatic hydroxyl groups excluding tert-OH is 1. The van der Waals surface area contributed by atoms with Gasteiger partial charge in [-0.3, -0.25) is 0 Å². The zero-order valence-electron chi connectivity index (χ0n) is 11.6. The molecular formula is C17H18N2O2. The lowest BCUT2D eigenvalue weighted by molar-refractivity contribution is 0.0261. The molecule has 0 bridgehead atoms. The van der Waals surface area contributed by atoms with Crippen LogP contribution in [-0.2, 0) is 0 Å². The van der Waals surface area contributed by atoms with Crippen molar-refractivity contribution in [2.24, 2.45) is 0 Å². The van der Waals surface area contributed by atoms with Crippen LogP contribution >= 0.6 is 0 Å². The summed E-state index contributed by atoms with van der Waals surface area (Å²) in [6, 6.07) is 19.5. The molecule has 1 fully saturated rings. The number of nitrogens with zero attached hydrogens (tertiary/aromatic N) is 1. The van der Waals surface area contributed by atoms with Crippen LogP contribution < -0.4 is 5.32 Å². The van der Waals surface area contributed by atoms with Gasteiger partial charge in [0, 0.05) is 0 Å². The Morgan fingerprint density at radius 2 is 1.48 bits per heavy atom. The van der Waals surface area contributed by atoms with Crippen molar-refractivity contribution < 1.29 is 9.90 Å². The zero-order chi connectivity index (χ0) is 14.7. The molecule has 0 aliphatic carbocycles. The van der Waals surface area contributed by atoms with E-state index >= 15 is 0 Å². The number of amides is 2. The summed E-state index contributed by atoms with van der Waals surface area (Å²) in [5.41, 5.74) is 2.08. The molecule has 0 atom stereocenters. The highest BCUT2D eigenvalue weighted by Gasteiger charge is 2.30. The van der Waals surface area contributed by atoms with Crippen molar-refractivity contribution in [1.29, 1.82) is 0 Å². The standard InChI is InChI=1S/C17H18N2O2/c20-15-11-19(12-15)17(21)18-16(13-7-3-1-4-8-13)14-9-5-2-6-10-14/h1-10,15-16,20H,11-12H2,(H,18,21). The summed E-state index contributed by atoms with van der Waals surface area (Å²) < 4.78 is 0. The van der Waals surface area contributed by atoms with Crippen molar-refractivity contribution >= 4 is 6.03 Å². The lowest BCUT2D eigenvalue weighted by Gasteiger charge is -2.37. The Balaban J connectivity index is 1.81. The van der Waals surface area contributed by atoms with Crippen LogP contribution in [0.2, 0.25) is 0 Å². The Kier molecular flexibility index (Phi) is 3.88. The minimum absolute atomic E-state index is 0.141. The van der Waals surface area contributed by atoms with Gasteiger partial charge in [-0.15, -0.1) is 0 Å². The molecule has 2 amide bonds. The average Bonchev–Trinajstić information content (AvgIpc) is 2.51. The lowest BCUT2D eigenvalue weighted by atomic mass is 9.99. The van der Waals surface area contributed by atoms with Gasteiger partial charge in [-0.05, 0) is 11.1 Å². The Labute approximate surface area is 124 Å². The first-order valence-corrected chi connectivity index (χ1v) is 7.07. The molecule has 1 aliphatic rings. The van der Waals surface area contributed by atoms with Crippen molar-refractivity contribution in [3.8, 4) is 0 Å². The lowest BCUT2D eigenvalue weighted by Crippen LogP contribution is -2.57. The third-order valence-electron chi connectivity index (χ3n) is 3.68. The first-order valence-electron chi connectivity index (χ1n) is 7.07. The third kappa shape index (κ3) is 3.06. The number of rotatable bonds is 3. The highest BCUT2D eigenvalue weighted by Crippen LogP contribution is 2.22. The third-order valence-corrected chi connectivity index (χ3v) is 3.68. The van der Waals surface area contributed by atoms with E-state index in [0.717, 1.165) is 11.1 Å². The van der Waals surface area contributed by atoms with Gasteiger partial charge < -0.3 is 15.3 Å². The summed E-state index contributed by atoms with van der Waals surface area (Å²) >= 11 is 0. The van der Waals surface area contributed by atoms with Crippen molar-refractivity contribution in [2.75, 3.05) is 13.1 Å². The molecule has 2 N–H and O–H groups in total. The Morgan fingerprint density at radius 3 is 1.90 bits per heavy atom. The summed E-state index contributed by atoms with van der Waals surface area (Å²) in [7, 11) is 0. The van der Waals surface area contributed by atoms with Gasteiger partial charge in [0.05, 0.1) is 25.2 Å². The maximum absolute atomic E-state index is 12.2. The van der Waals surface area contributed by atoms with Gasteiger partial charge in [0.2, 0.25) is 0 Å². The molecule has 4 heteroatoms. The molecular weight excluding hydrogens is 264 g/mol. The van der Waals surface area contributed by atoms with Crippen molar-refractivity contribution in [3.63, 3.8) is 0 Å². The number of aliphatic hydroxyl groups is 1. The van der Waals surface area contributed by atoms with E-state index in [1.807, 2.05) is 60.7 Å². The first-order chi connectivity index (χ1) is 10.2. The Hall–Kier alpha value is -2.33. The van der Waals surface area contributed by atoms with E-state index in [4.69, 9.17) is 0 Å². The molecule has 0 radical (unpaired) electrons. The summed E-state index contributed by atoms with van der Waals surface area (Å²) in [5.74, 6) is 0. The Bertz CT molecular complexity index is 555. The number of β-amino-alcohol motifs (C(OH)–C–C–N with tert-alkyl or cyclic N) is 1. The number of urea groups is 1. The maximum Gasteiger partial charge on any atom is 0.318 e. The predicted molar refractivity (Wildman–Crippen MR) is 80.8 cm³/mol. The van der Waals surface area contributed by atoms with E-state index in [1.165, 1.54) is 0 Å². The fraction of sp³-hybridized carbons (Fsp3) is 0.235. The molecule has 0 aromatic heterocycles. The molecule has 0 unspecified atom stereocenters. The van der Waals surface area contributed by atoms with Crippen molar-refractivity contribution in [3.05, 3.63) is 71.8 Å². The average molecular weight is 282 g/mol. The molecule has 3 rings (SSSR count). The number of hydrogen-bond acceptors (Lipinski definition) is 2. The van der Waals surface area contributed by atoms with Crippen LogP contribution in [0.3, 0.4) is 0 Å². The van der Waals surface area contributed by atoms with Crippen LogP contribution in [0.1, 0.15) is 17.2 Å². The summed E-state index contributed by atoms with van der Waals surface area (Å²) in [5, 5.41) is 12.4. The monoisotopic (exact) mass is 282 g/mol. The number of nitrogens with one attached hydrogen (secondary N) is 1. The summed E-state index contributed by atoms with van der Waals surface area (Å²) in [4.78, 5) is 13.8. The van der Waals surface area contributed by atoms with Gasteiger partial charge in [0.15, 0.2) is 0 Å². The zero-order valence-corrected chi connectivity index (χ0v) is 11.6. The van der Waals surface area contributed by atoms with E-state index < -0.39 is 0 Å². The molecule has 0 saturated carbocycles. The van der Waals surface area contributed by atoms with Gasteiger partial charge in [-0.2, -0.15) is 0 Å². The van der Waals surface area contributed by atoms with E-state index in [0.29, 0.717) is 13.1 Å². The second-order valence-electron chi connectivity index (χ2n) is 5.26. The van der Waals surface area contributed by atoms with E-state index in [2.05, 4.69) is 5.32 Å². The van der Waals surface area contributed by atoms with Gasteiger partial charge in [-0.1, -0.05) is 60.7 Å². The van der Waals surface area contributed by atoms with Crippen LogP contribution in [-0.4, -0.2) is 35.2 Å². The molecule has 108 valence electrons. The van der Waals surface area contributed by atoms with Crippen LogP contribution in [0.25, 0.3) is 0 Å². The normalized spacial score (nSPS) is 14.9.